The van der Waals surface area contributed by atoms with Gasteiger partial charge in [0, 0.05) is 38.6 Å². The maximum absolute atomic E-state index is 6.60. The molecule has 2 atom stereocenters. The van der Waals surface area contributed by atoms with Crippen molar-refractivity contribution in [2.24, 2.45) is 9.98 Å². The topological polar surface area (TPSA) is 40.4 Å². The molecule has 21 heavy (non-hydrogen) atoms. The number of likely N-dealkylation sites (tertiary alicyclic amines) is 2. The van der Waals surface area contributed by atoms with Gasteiger partial charge in [0.2, 0.25) is 11.7 Å². The first kappa shape index (κ1) is 13.4. The molecule has 0 aromatic heterocycles. The Bertz CT molecular complexity index is 440. The molecule has 4 heterocycles. The summed E-state index contributed by atoms with van der Waals surface area (Å²) >= 11 is 0. The highest BCUT2D eigenvalue weighted by Crippen LogP contribution is 2.37. The van der Waals surface area contributed by atoms with Crippen LogP contribution in [0.2, 0.25) is 0 Å². The summed E-state index contributed by atoms with van der Waals surface area (Å²) in [7, 11) is 0. The minimum atomic E-state index is -0.675. The lowest BCUT2D eigenvalue weighted by molar-refractivity contribution is -0.220. The molecule has 4 aliphatic rings. The Hall–Kier alpha value is -1.30. The fourth-order valence-electron chi connectivity index (χ4n) is 3.64. The number of allylic oxidation sites excluding steroid dienone is 2. The van der Waals surface area contributed by atoms with Crippen molar-refractivity contribution in [1.29, 1.82) is 0 Å². The number of rotatable bonds is 4. The normalized spacial score (nSPS) is 39.2. The highest BCUT2D eigenvalue weighted by molar-refractivity contribution is 5.75. The van der Waals surface area contributed by atoms with E-state index in [2.05, 4.69) is 31.9 Å². The largest absolute Gasteiger partial charge is 0.291 e. The summed E-state index contributed by atoms with van der Waals surface area (Å²) in [5, 5.41) is 0. The predicted molar refractivity (Wildman–Crippen MR) is 83.4 cm³/mol. The molecule has 2 unspecified atom stereocenters. The summed E-state index contributed by atoms with van der Waals surface area (Å²) in [6.07, 6.45) is 16.6. The van der Waals surface area contributed by atoms with Gasteiger partial charge in [0.15, 0.2) is 0 Å². The SMILES string of the molecule is C1=CC(OC2(N3CCCC3)C=CC=N2)(N2CCCC2)N=C1. The van der Waals surface area contributed by atoms with Crippen molar-refractivity contribution in [2.75, 3.05) is 26.2 Å². The molecular formula is C16H22N4O. The molecule has 2 fully saturated rings. The van der Waals surface area contributed by atoms with E-state index >= 15 is 0 Å². The Morgan fingerprint density at radius 3 is 1.48 bits per heavy atom. The number of hydrogen-bond acceptors (Lipinski definition) is 5. The van der Waals surface area contributed by atoms with Crippen LogP contribution in [0.1, 0.15) is 25.7 Å². The standard InChI is InChI=1S/C16H22N4O/c1-2-12-19(11-1)15(7-5-9-17-15)21-16(8-6-10-18-16)20-13-3-4-14-20/h5-10H,1-4,11-14H2. The molecule has 5 heteroatoms. The van der Waals surface area contributed by atoms with E-state index in [0.29, 0.717) is 0 Å². The maximum Gasteiger partial charge on any atom is 0.242 e. The van der Waals surface area contributed by atoms with Gasteiger partial charge in [-0.1, -0.05) is 0 Å². The van der Waals surface area contributed by atoms with Gasteiger partial charge >= 0.3 is 0 Å². The Labute approximate surface area is 125 Å². The van der Waals surface area contributed by atoms with Gasteiger partial charge in [-0.15, -0.1) is 0 Å². The van der Waals surface area contributed by atoms with Crippen molar-refractivity contribution in [1.82, 2.24) is 9.80 Å². The second-order valence-electron chi connectivity index (χ2n) is 6.08. The van der Waals surface area contributed by atoms with Crippen molar-refractivity contribution in [3.8, 4) is 0 Å². The Kier molecular flexibility index (Phi) is 3.28. The van der Waals surface area contributed by atoms with Gasteiger partial charge in [0.25, 0.3) is 0 Å². The van der Waals surface area contributed by atoms with Gasteiger partial charge in [0.1, 0.15) is 0 Å². The third-order valence-electron chi connectivity index (χ3n) is 4.74. The minimum Gasteiger partial charge on any atom is -0.291 e. The molecule has 0 saturated carbocycles. The van der Waals surface area contributed by atoms with Gasteiger partial charge in [-0.2, -0.15) is 0 Å². The van der Waals surface area contributed by atoms with Gasteiger partial charge in [-0.3, -0.25) is 14.5 Å². The summed E-state index contributed by atoms with van der Waals surface area (Å²) in [4.78, 5) is 14.0. The quantitative estimate of drug-likeness (QED) is 0.791. The molecule has 0 bridgehead atoms. The van der Waals surface area contributed by atoms with Crippen LogP contribution in [0.15, 0.2) is 34.3 Å². The van der Waals surface area contributed by atoms with E-state index in [1.54, 1.807) is 0 Å². The van der Waals surface area contributed by atoms with Crippen LogP contribution in [0.25, 0.3) is 0 Å². The summed E-state index contributed by atoms with van der Waals surface area (Å²) in [5.74, 6) is -1.35. The van der Waals surface area contributed by atoms with Crippen LogP contribution in [0.4, 0.5) is 0 Å². The Morgan fingerprint density at radius 2 is 1.14 bits per heavy atom. The van der Waals surface area contributed by atoms with Crippen molar-refractivity contribution < 1.29 is 4.74 Å². The zero-order valence-electron chi connectivity index (χ0n) is 12.3. The lowest BCUT2D eigenvalue weighted by atomic mass is 10.3. The first-order chi connectivity index (χ1) is 10.3. The molecule has 4 rings (SSSR count). The molecular weight excluding hydrogens is 264 g/mol. The number of hydrogen-bond donors (Lipinski definition) is 0. The van der Waals surface area contributed by atoms with Crippen LogP contribution < -0.4 is 0 Å². The zero-order valence-corrected chi connectivity index (χ0v) is 12.3. The first-order valence-electron chi connectivity index (χ1n) is 7.99. The molecule has 0 aliphatic carbocycles. The Balaban J connectivity index is 1.64. The van der Waals surface area contributed by atoms with E-state index in [1.165, 1.54) is 25.7 Å². The summed E-state index contributed by atoms with van der Waals surface area (Å²) in [6, 6.07) is 0. The number of aliphatic imine (C=N–C) groups is 2. The van der Waals surface area contributed by atoms with Crippen LogP contribution in [0.3, 0.4) is 0 Å². The first-order valence-corrected chi connectivity index (χ1v) is 7.99. The molecule has 0 radical (unpaired) electrons. The molecule has 112 valence electrons. The van der Waals surface area contributed by atoms with Gasteiger partial charge in [0.05, 0.1) is 0 Å². The Morgan fingerprint density at radius 1 is 0.714 bits per heavy atom. The van der Waals surface area contributed by atoms with Gasteiger partial charge in [-0.25, -0.2) is 9.98 Å². The average molecular weight is 286 g/mol. The molecule has 0 aromatic rings. The molecule has 0 spiro atoms. The van der Waals surface area contributed by atoms with Crippen molar-refractivity contribution in [3.05, 3.63) is 24.3 Å². The lowest BCUT2D eigenvalue weighted by Crippen LogP contribution is -2.56. The third kappa shape index (κ3) is 2.20. The highest BCUT2D eigenvalue weighted by Gasteiger charge is 2.48. The summed E-state index contributed by atoms with van der Waals surface area (Å²) in [6.45, 7) is 4.13. The second-order valence-corrected chi connectivity index (χ2v) is 6.08. The van der Waals surface area contributed by atoms with Crippen molar-refractivity contribution in [3.63, 3.8) is 0 Å². The van der Waals surface area contributed by atoms with E-state index in [0.717, 1.165) is 26.2 Å². The summed E-state index contributed by atoms with van der Waals surface area (Å²) in [5.41, 5.74) is 0. The van der Waals surface area contributed by atoms with Crippen molar-refractivity contribution in [2.45, 2.75) is 37.4 Å². The zero-order chi connectivity index (χ0) is 14.2. The van der Waals surface area contributed by atoms with E-state index < -0.39 is 11.7 Å². The lowest BCUT2D eigenvalue weighted by Gasteiger charge is -2.43. The van der Waals surface area contributed by atoms with Crippen molar-refractivity contribution >= 4 is 12.4 Å². The van der Waals surface area contributed by atoms with Crippen LogP contribution in [0.5, 0.6) is 0 Å². The molecule has 0 N–H and O–H groups in total. The van der Waals surface area contributed by atoms with Crippen LogP contribution in [-0.4, -0.2) is 60.1 Å². The monoisotopic (exact) mass is 286 g/mol. The fourth-order valence-corrected chi connectivity index (χ4v) is 3.64. The fraction of sp³-hybridized carbons (Fsp3) is 0.625. The average Bonchev–Trinajstić information content (AvgIpc) is 3.29. The van der Waals surface area contributed by atoms with E-state index in [9.17, 15) is 0 Å². The van der Waals surface area contributed by atoms with Gasteiger partial charge in [-0.05, 0) is 50.0 Å². The van der Waals surface area contributed by atoms with E-state index in [1.807, 2.05) is 24.6 Å². The second kappa shape index (κ2) is 5.16. The number of ether oxygens (including phenoxy) is 1. The highest BCUT2D eigenvalue weighted by atomic mass is 16.6. The van der Waals surface area contributed by atoms with E-state index in [-0.39, 0.29) is 0 Å². The number of nitrogens with zero attached hydrogens (tertiary/aromatic N) is 4. The molecule has 0 aromatic carbocycles. The van der Waals surface area contributed by atoms with E-state index in [4.69, 9.17) is 4.74 Å². The van der Waals surface area contributed by atoms with Crippen LogP contribution in [0, 0.1) is 0 Å². The van der Waals surface area contributed by atoms with Gasteiger partial charge < -0.3 is 0 Å². The summed E-state index contributed by atoms with van der Waals surface area (Å²) < 4.78 is 6.60. The molecule has 2 saturated heterocycles. The third-order valence-corrected chi connectivity index (χ3v) is 4.74. The molecule has 5 nitrogen and oxygen atoms in total. The predicted octanol–water partition coefficient (Wildman–Crippen LogP) is 1.78. The smallest absolute Gasteiger partial charge is 0.242 e. The van der Waals surface area contributed by atoms with Crippen LogP contribution in [-0.2, 0) is 4.74 Å². The maximum atomic E-state index is 6.60. The van der Waals surface area contributed by atoms with Crippen LogP contribution >= 0.6 is 0 Å². The molecule has 0 amide bonds. The molecule has 4 aliphatic heterocycles. The minimum absolute atomic E-state index is 0.675.